The van der Waals surface area contributed by atoms with Gasteiger partial charge in [0.25, 0.3) is 0 Å². The van der Waals surface area contributed by atoms with Gasteiger partial charge in [0.15, 0.2) is 0 Å². The van der Waals surface area contributed by atoms with E-state index in [-0.39, 0.29) is 5.56 Å². The van der Waals surface area contributed by atoms with Crippen LogP contribution in [0.3, 0.4) is 0 Å². The Morgan fingerprint density at radius 2 is 2.00 bits per heavy atom. The number of rotatable bonds is 6. The Bertz CT molecular complexity index is 639. The molecule has 0 atom stereocenters. The quantitative estimate of drug-likeness (QED) is 0.763. The SMILES string of the molecule is COCCCOc1cc(C(=O)OF)cc2c(C)cccc12. The number of ether oxygens (including phenoxy) is 2. The Kier molecular flexibility index (Phi) is 5.11. The van der Waals surface area contributed by atoms with E-state index in [1.54, 1.807) is 13.2 Å². The Labute approximate surface area is 122 Å². The molecule has 21 heavy (non-hydrogen) atoms. The molecular weight excluding hydrogens is 275 g/mol. The van der Waals surface area contributed by atoms with Gasteiger partial charge in [-0.25, -0.2) is 9.74 Å². The van der Waals surface area contributed by atoms with E-state index in [9.17, 15) is 9.32 Å². The van der Waals surface area contributed by atoms with Crippen LogP contribution in [0.5, 0.6) is 5.75 Å². The molecular formula is C16H17FO4. The summed E-state index contributed by atoms with van der Waals surface area (Å²) in [6.45, 7) is 2.95. The van der Waals surface area contributed by atoms with Gasteiger partial charge in [0.2, 0.25) is 0 Å². The standard InChI is InChI=1S/C16H17FO4/c1-11-5-3-6-13-14(11)9-12(16(18)21-17)10-15(13)20-8-4-7-19-2/h3,5-6,9-10H,4,7-8H2,1-2H3. The summed E-state index contributed by atoms with van der Waals surface area (Å²) in [6.07, 6.45) is 0.724. The van der Waals surface area contributed by atoms with Crippen molar-refractivity contribution < 1.29 is 23.7 Å². The van der Waals surface area contributed by atoms with Crippen molar-refractivity contribution in [2.45, 2.75) is 13.3 Å². The molecule has 2 rings (SSSR count). The molecule has 0 fully saturated rings. The number of halogens is 1. The molecule has 112 valence electrons. The van der Waals surface area contributed by atoms with Gasteiger partial charge in [-0.3, -0.25) is 0 Å². The van der Waals surface area contributed by atoms with Crippen LogP contribution in [-0.4, -0.2) is 26.3 Å². The molecule has 4 nitrogen and oxygen atoms in total. The minimum Gasteiger partial charge on any atom is -0.493 e. The molecule has 0 radical (unpaired) electrons. The van der Waals surface area contributed by atoms with Crippen LogP contribution < -0.4 is 4.74 Å². The zero-order valence-corrected chi connectivity index (χ0v) is 12.0. The van der Waals surface area contributed by atoms with Crippen molar-refractivity contribution in [2.75, 3.05) is 20.3 Å². The van der Waals surface area contributed by atoms with E-state index in [0.29, 0.717) is 19.0 Å². The minimum absolute atomic E-state index is 0.126. The molecule has 0 N–H and O–H groups in total. The first-order valence-corrected chi connectivity index (χ1v) is 6.65. The summed E-state index contributed by atoms with van der Waals surface area (Å²) in [5, 5.41) is 1.71. The van der Waals surface area contributed by atoms with E-state index >= 15 is 0 Å². The molecule has 0 aliphatic carbocycles. The van der Waals surface area contributed by atoms with Gasteiger partial charge in [-0.15, -0.1) is 0 Å². The lowest BCUT2D eigenvalue weighted by Crippen LogP contribution is -2.04. The predicted molar refractivity (Wildman–Crippen MR) is 77.2 cm³/mol. The van der Waals surface area contributed by atoms with E-state index < -0.39 is 5.97 Å². The summed E-state index contributed by atoms with van der Waals surface area (Å²) in [4.78, 5) is 14.7. The molecule has 0 bridgehead atoms. The van der Waals surface area contributed by atoms with Crippen LogP contribution in [-0.2, 0) is 9.68 Å². The van der Waals surface area contributed by atoms with Crippen molar-refractivity contribution in [2.24, 2.45) is 0 Å². The summed E-state index contributed by atoms with van der Waals surface area (Å²) < 4.78 is 22.8. The zero-order chi connectivity index (χ0) is 15.2. The average Bonchev–Trinajstić information content (AvgIpc) is 2.51. The molecule has 0 heterocycles. The smallest absolute Gasteiger partial charge is 0.379 e. The highest BCUT2D eigenvalue weighted by molar-refractivity contribution is 5.99. The summed E-state index contributed by atoms with van der Waals surface area (Å²) in [7, 11) is 1.62. The van der Waals surface area contributed by atoms with Gasteiger partial charge in [-0.2, -0.15) is 0 Å². The molecule has 0 aliphatic rings. The molecule has 0 amide bonds. The summed E-state index contributed by atoms with van der Waals surface area (Å²) in [6, 6.07) is 8.83. The van der Waals surface area contributed by atoms with Crippen LogP contribution in [0.1, 0.15) is 22.3 Å². The van der Waals surface area contributed by atoms with Crippen molar-refractivity contribution in [1.29, 1.82) is 0 Å². The van der Waals surface area contributed by atoms with Gasteiger partial charge in [0, 0.05) is 30.0 Å². The molecule has 0 saturated carbocycles. The summed E-state index contributed by atoms with van der Waals surface area (Å²) >= 11 is 0. The van der Waals surface area contributed by atoms with E-state index in [2.05, 4.69) is 4.94 Å². The molecule has 0 unspecified atom stereocenters. The van der Waals surface area contributed by atoms with E-state index in [1.807, 2.05) is 25.1 Å². The third-order valence-electron chi connectivity index (χ3n) is 3.23. The number of methoxy groups -OCH3 is 1. The number of carbonyl (C=O) groups is 1. The average molecular weight is 292 g/mol. The fourth-order valence-corrected chi connectivity index (χ4v) is 2.17. The maximum absolute atomic E-state index is 12.2. The van der Waals surface area contributed by atoms with Crippen molar-refractivity contribution in [3.63, 3.8) is 0 Å². The monoisotopic (exact) mass is 292 g/mol. The lowest BCUT2D eigenvalue weighted by atomic mass is 10.0. The third kappa shape index (κ3) is 3.49. The second-order valence-corrected chi connectivity index (χ2v) is 4.70. The molecule has 5 heteroatoms. The number of hydrogen-bond acceptors (Lipinski definition) is 4. The second kappa shape index (κ2) is 7.04. The molecule has 2 aromatic rings. The van der Waals surface area contributed by atoms with E-state index in [4.69, 9.17) is 9.47 Å². The van der Waals surface area contributed by atoms with Gasteiger partial charge in [0.05, 0.1) is 12.2 Å². The van der Waals surface area contributed by atoms with Crippen molar-refractivity contribution in [3.05, 3.63) is 41.5 Å². The first kappa shape index (κ1) is 15.3. The first-order valence-electron chi connectivity index (χ1n) is 6.65. The van der Waals surface area contributed by atoms with Crippen LogP contribution in [0.2, 0.25) is 0 Å². The van der Waals surface area contributed by atoms with Crippen LogP contribution in [0.15, 0.2) is 30.3 Å². The highest BCUT2D eigenvalue weighted by Gasteiger charge is 2.14. The number of benzene rings is 2. The Morgan fingerprint density at radius 3 is 2.71 bits per heavy atom. The second-order valence-electron chi connectivity index (χ2n) is 4.70. The van der Waals surface area contributed by atoms with Gasteiger partial charge >= 0.3 is 5.97 Å². The van der Waals surface area contributed by atoms with E-state index in [1.165, 1.54) is 6.07 Å². The van der Waals surface area contributed by atoms with Crippen LogP contribution in [0.4, 0.5) is 4.53 Å². The summed E-state index contributed by atoms with van der Waals surface area (Å²) in [5.41, 5.74) is 1.10. The van der Waals surface area contributed by atoms with Gasteiger partial charge in [0.1, 0.15) is 5.75 Å². The predicted octanol–water partition coefficient (Wildman–Crippen LogP) is 3.60. The highest BCUT2D eigenvalue weighted by atomic mass is 19.3. The number of aryl methyl sites for hydroxylation is 1. The largest absolute Gasteiger partial charge is 0.493 e. The maximum Gasteiger partial charge on any atom is 0.379 e. The number of fused-ring (bicyclic) bond motifs is 1. The zero-order valence-electron chi connectivity index (χ0n) is 12.0. The van der Waals surface area contributed by atoms with Gasteiger partial charge in [-0.05, 0) is 30.0 Å². The Hall–Kier alpha value is -2.14. The van der Waals surface area contributed by atoms with Crippen LogP contribution >= 0.6 is 0 Å². The normalized spacial score (nSPS) is 10.6. The Balaban J connectivity index is 2.40. The van der Waals surface area contributed by atoms with Crippen LogP contribution in [0.25, 0.3) is 10.8 Å². The van der Waals surface area contributed by atoms with Crippen molar-refractivity contribution in [3.8, 4) is 5.75 Å². The molecule has 2 aromatic carbocycles. The fourth-order valence-electron chi connectivity index (χ4n) is 2.17. The minimum atomic E-state index is -1.03. The number of hydrogen-bond donors (Lipinski definition) is 0. The van der Waals surface area contributed by atoms with Crippen molar-refractivity contribution in [1.82, 2.24) is 0 Å². The fraction of sp³-hybridized carbons (Fsp3) is 0.312. The molecule has 0 aliphatic heterocycles. The lowest BCUT2D eigenvalue weighted by Gasteiger charge is -2.12. The first-order chi connectivity index (χ1) is 10.2. The molecule has 0 aromatic heterocycles. The molecule has 0 spiro atoms. The van der Waals surface area contributed by atoms with Gasteiger partial charge < -0.3 is 9.47 Å². The van der Waals surface area contributed by atoms with Gasteiger partial charge in [-0.1, -0.05) is 18.2 Å². The van der Waals surface area contributed by atoms with Crippen LogP contribution in [0, 0.1) is 6.92 Å². The number of carbonyl (C=O) groups excluding carboxylic acids is 1. The third-order valence-corrected chi connectivity index (χ3v) is 3.23. The van der Waals surface area contributed by atoms with E-state index in [0.717, 1.165) is 22.8 Å². The van der Waals surface area contributed by atoms with Crippen molar-refractivity contribution >= 4 is 16.7 Å². The Morgan fingerprint density at radius 1 is 1.19 bits per heavy atom. The lowest BCUT2D eigenvalue weighted by molar-refractivity contribution is -0.0788. The molecule has 0 saturated heterocycles. The maximum atomic E-state index is 12.2. The topological polar surface area (TPSA) is 44.8 Å². The highest BCUT2D eigenvalue weighted by Crippen LogP contribution is 2.30. The summed E-state index contributed by atoms with van der Waals surface area (Å²) in [5.74, 6) is -0.491.